The van der Waals surface area contributed by atoms with Gasteiger partial charge in [-0.3, -0.25) is 15.0 Å². The van der Waals surface area contributed by atoms with Crippen molar-refractivity contribution in [2.24, 2.45) is 22.0 Å². The van der Waals surface area contributed by atoms with E-state index in [2.05, 4.69) is 98.8 Å². The fourth-order valence-electron chi connectivity index (χ4n) is 2.87. The molecule has 4 N–H and O–H groups in total. The quantitative estimate of drug-likeness (QED) is 0.337. The van der Waals surface area contributed by atoms with Crippen molar-refractivity contribution in [3.8, 4) is 0 Å². The van der Waals surface area contributed by atoms with Gasteiger partial charge in [-0.15, -0.1) is 0 Å². The summed E-state index contributed by atoms with van der Waals surface area (Å²) in [6, 6.07) is 0. The van der Waals surface area contributed by atoms with E-state index in [4.69, 9.17) is 15.3 Å². The number of rotatable bonds is 3. The molecule has 0 unspecified atom stereocenters. The van der Waals surface area contributed by atoms with Crippen molar-refractivity contribution in [3.63, 3.8) is 0 Å². The summed E-state index contributed by atoms with van der Waals surface area (Å²) in [5, 5.41) is 13.3. The van der Waals surface area contributed by atoms with Crippen molar-refractivity contribution < 1.29 is 14.7 Å². The van der Waals surface area contributed by atoms with Gasteiger partial charge in [0.25, 0.3) is 5.97 Å². The van der Waals surface area contributed by atoms with Crippen LogP contribution in [0, 0.1) is 21.7 Å². The van der Waals surface area contributed by atoms with Gasteiger partial charge in [-0.05, 0) is 33.6 Å². The van der Waals surface area contributed by atoms with Crippen molar-refractivity contribution in [2.45, 2.75) is 115 Å². The Morgan fingerprint density at radius 2 is 1.26 bits per heavy atom. The molecule has 1 aromatic rings. The van der Waals surface area contributed by atoms with Crippen molar-refractivity contribution in [3.05, 3.63) is 23.8 Å². The molecule has 34 heavy (non-hydrogen) atoms. The first-order valence-electron chi connectivity index (χ1n) is 11.7. The van der Waals surface area contributed by atoms with Crippen LogP contribution in [0.15, 0.2) is 12.5 Å². The lowest BCUT2D eigenvalue weighted by atomic mass is 9.82. The molecule has 0 saturated carbocycles. The molecule has 0 saturated heterocycles. The molecule has 198 valence electrons. The third-order valence-corrected chi connectivity index (χ3v) is 3.76. The number of carbonyl (C=O) groups excluding carboxylic acids is 1. The van der Waals surface area contributed by atoms with Crippen LogP contribution >= 0.6 is 0 Å². The van der Waals surface area contributed by atoms with Gasteiger partial charge in [-0.25, -0.2) is 9.97 Å². The van der Waals surface area contributed by atoms with E-state index < -0.39 is 5.97 Å². The average Bonchev–Trinajstić information content (AvgIpc) is 2.49. The van der Waals surface area contributed by atoms with Crippen LogP contribution in [0.25, 0.3) is 0 Å². The van der Waals surface area contributed by atoms with Crippen LogP contribution in [0.3, 0.4) is 0 Å². The maximum atomic E-state index is 11.5. The Kier molecular flexibility index (Phi) is 16.6. The monoisotopic (exact) mass is 480 g/mol. The van der Waals surface area contributed by atoms with Gasteiger partial charge in [0.05, 0.1) is 6.34 Å². The minimum absolute atomic E-state index is 0.127. The second-order valence-corrected chi connectivity index (χ2v) is 13.1. The minimum Gasteiger partial charge on any atom is -0.481 e. The summed E-state index contributed by atoms with van der Waals surface area (Å²) in [5.74, 6) is -0.449. The zero-order valence-electron chi connectivity index (χ0n) is 24.1. The predicted octanol–water partition coefficient (Wildman–Crippen LogP) is 6.43. The van der Waals surface area contributed by atoms with Crippen molar-refractivity contribution in [2.75, 3.05) is 0 Å². The molecule has 0 atom stereocenters. The van der Waals surface area contributed by atoms with Gasteiger partial charge >= 0.3 is 0 Å². The number of nitrogens with zero attached hydrogens (tertiary/aromatic N) is 2. The number of aliphatic carboxylic acids is 1. The van der Waals surface area contributed by atoms with Gasteiger partial charge in [0.2, 0.25) is 0 Å². The highest BCUT2D eigenvalue weighted by molar-refractivity contribution is 5.79. The number of aromatic nitrogens is 2. The Balaban J connectivity index is -0.000000451. The molecule has 0 bridgehead atoms. The Morgan fingerprint density at radius 1 is 0.912 bits per heavy atom. The van der Waals surface area contributed by atoms with Crippen LogP contribution in [0.5, 0.6) is 0 Å². The standard InChI is InChI=1S/C13H22N2.C11H22O.C2H4O2.CH4N2/c1-12(2,3)7-11-10(13(4,5)6)8-14-9-15-11;1-10(2,3)7-9(12)8-11(4,5)6;1-2(3)4;2-1-3/h8-9H,7H2,1-6H3;7-8H2,1-6H3;1H3,(H,3,4);1H,(H3,2,3). The number of carboxylic acid groups (broad SMARTS) is 1. The van der Waals surface area contributed by atoms with Crippen LogP contribution in [0.2, 0.25) is 0 Å². The van der Waals surface area contributed by atoms with Crippen molar-refractivity contribution in [1.82, 2.24) is 9.97 Å². The number of nitrogens with one attached hydrogen (secondary N) is 1. The molecule has 0 radical (unpaired) electrons. The molecule has 0 aliphatic rings. The molecule has 0 fully saturated rings. The van der Waals surface area contributed by atoms with E-state index >= 15 is 0 Å². The van der Waals surface area contributed by atoms with E-state index in [1.54, 1.807) is 6.33 Å². The van der Waals surface area contributed by atoms with Crippen LogP contribution < -0.4 is 5.73 Å². The summed E-state index contributed by atoms with van der Waals surface area (Å²) < 4.78 is 0. The lowest BCUT2D eigenvalue weighted by Gasteiger charge is -2.25. The number of hydrogen-bond donors (Lipinski definition) is 3. The lowest BCUT2D eigenvalue weighted by Crippen LogP contribution is -2.19. The lowest BCUT2D eigenvalue weighted by molar-refractivity contribution is -0.134. The SMILES string of the molecule is CC(=O)O.CC(C)(C)CC(=O)CC(C)(C)C.CC(C)(C)Cc1ncncc1C(C)(C)C.N=CN. The van der Waals surface area contributed by atoms with E-state index in [1.165, 1.54) is 11.3 Å². The number of carbonyl (C=O) groups is 2. The Morgan fingerprint density at radius 3 is 1.53 bits per heavy atom. The fourth-order valence-corrected chi connectivity index (χ4v) is 2.87. The molecule has 1 heterocycles. The molecule has 0 amide bonds. The van der Waals surface area contributed by atoms with E-state index in [-0.39, 0.29) is 21.7 Å². The van der Waals surface area contributed by atoms with Gasteiger partial charge in [0.1, 0.15) is 12.1 Å². The molecule has 0 spiro atoms. The third-order valence-electron chi connectivity index (χ3n) is 3.76. The molecule has 0 aliphatic carbocycles. The number of Topliss-reactive ketones (excluding diaryl/α,β-unsaturated/α-hetero) is 1. The van der Waals surface area contributed by atoms with E-state index in [1.807, 2.05) is 6.20 Å². The number of nitrogens with two attached hydrogens (primary N) is 1. The highest BCUT2D eigenvalue weighted by Crippen LogP contribution is 2.28. The first-order chi connectivity index (χ1) is 14.9. The molecule has 0 aromatic carbocycles. The summed E-state index contributed by atoms with van der Waals surface area (Å²) in [4.78, 5) is 29.0. The maximum absolute atomic E-state index is 11.5. The predicted molar refractivity (Wildman–Crippen MR) is 143 cm³/mol. The normalized spacial score (nSPS) is 11.4. The van der Waals surface area contributed by atoms with E-state index in [9.17, 15) is 4.79 Å². The fraction of sp³-hybridized carbons (Fsp3) is 0.741. The minimum atomic E-state index is -0.833. The summed E-state index contributed by atoms with van der Waals surface area (Å²) >= 11 is 0. The smallest absolute Gasteiger partial charge is 0.300 e. The Hall–Kier alpha value is -2.31. The second-order valence-electron chi connectivity index (χ2n) is 13.1. The van der Waals surface area contributed by atoms with Gasteiger partial charge in [-0.1, -0.05) is 83.1 Å². The van der Waals surface area contributed by atoms with E-state index in [0.29, 0.717) is 18.6 Å². The van der Waals surface area contributed by atoms with Gasteiger partial charge < -0.3 is 10.8 Å². The molecular formula is C27H52N4O3. The third kappa shape index (κ3) is 27.7. The van der Waals surface area contributed by atoms with Crippen LogP contribution in [0.1, 0.15) is 114 Å². The van der Waals surface area contributed by atoms with Gasteiger partial charge in [0.15, 0.2) is 0 Å². The molecule has 0 aliphatic heterocycles. The van der Waals surface area contributed by atoms with Crippen molar-refractivity contribution >= 4 is 18.1 Å². The number of hydrogen-bond acceptors (Lipinski definition) is 5. The Bertz CT molecular complexity index is 710. The molecule has 1 aromatic heterocycles. The first-order valence-corrected chi connectivity index (χ1v) is 11.7. The molecule has 7 nitrogen and oxygen atoms in total. The highest BCUT2D eigenvalue weighted by Gasteiger charge is 2.22. The zero-order valence-corrected chi connectivity index (χ0v) is 24.1. The molecule has 7 heteroatoms. The molecule has 1 rings (SSSR count). The maximum Gasteiger partial charge on any atom is 0.300 e. The summed E-state index contributed by atoms with van der Waals surface area (Å²) in [6.45, 7) is 27.0. The van der Waals surface area contributed by atoms with E-state index in [0.717, 1.165) is 19.7 Å². The Labute approximate surface area is 208 Å². The summed E-state index contributed by atoms with van der Waals surface area (Å²) in [6.07, 6.45) is 6.75. The van der Waals surface area contributed by atoms with Gasteiger partial charge in [-0.2, -0.15) is 0 Å². The second kappa shape index (κ2) is 15.6. The molecular weight excluding hydrogens is 428 g/mol. The largest absolute Gasteiger partial charge is 0.481 e. The number of carboxylic acids is 1. The summed E-state index contributed by atoms with van der Waals surface area (Å²) in [7, 11) is 0. The topological polar surface area (TPSA) is 130 Å². The highest BCUT2D eigenvalue weighted by atomic mass is 16.4. The van der Waals surface area contributed by atoms with Crippen LogP contribution in [-0.4, -0.2) is 33.2 Å². The van der Waals surface area contributed by atoms with Crippen molar-refractivity contribution in [1.29, 1.82) is 5.41 Å². The number of ketones is 1. The summed E-state index contributed by atoms with van der Waals surface area (Å²) in [5.41, 5.74) is 7.52. The zero-order chi connectivity index (χ0) is 28.0. The average molecular weight is 481 g/mol. The van der Waals surface area contributed by atoms with Gasteiger partial charge in [0, 0.05) is 31.7 Å². The van der Waals surface area contributed by atoms with Crippen LogP contribution in [0.4, 0.5) is 0 Å². The van der Waals surface area contributed by atoms with Crippen LogP contribution in [-0.2, 0) is 21.4 Å². The first kappa shape index (κ1) is 36.3.